The van der Waals surface area contributed by atoms with E-state index < -0.39 is 0 Å². The fourth-order valence-corrected chi connectivity index (χ4v) is 3.47. The second-order valence-corrected chi connectivity index (χ2v) is 7.30. The molecule has 1 aliphatic rings. The van der Waals surface area contributed by atoms with Crippen molar-refractivity contribution in [2.45, 2.75) is 46.6 Å². The van der Waals surface area contributed by atoms with Crippen LogP contribution >= 0.6 is 11.3 Å². The maximum atomic E-state index is 4.68. The van der Waals surface area contributed by atoms with E-state index >= 15 is 0 Å². The monoisotopic (exact) mass is 295 g/mol. The van der Waals surface area contributed by atoms with Crippen LogP contribution in [0.5, 0.6) is 0 Å². The summed E-state index contributed by atoms with van der Waals surface area (Å²) >= 11 is 1.80. The Morgan fingerprint density at radius 3 is 2.75 bits per heavy atom. The lowest BCUT2D eigenvalue weighted by Crippen LogP contribution is -2.37. The summed E-state index contributed by atoms with van der Waals surface area (Å²) < 4.78 is 0. The molecule has 1 aliphatic heterocycles. The van der Waals surface area contributed by atoms with Gasteiger partial charge in [0, 0.05) is 11.9 Å². The molecular formula is C16H29N3S. The van der Waals surface area contributed by atoms with Gasteiger partial charge in [-0.05, 0) is 57.3 Å². The van der Waals surface area contributed by atoms with Gasteiger partial charge in [-0.15, -0.1) is 11.3 Å². The fraction of sp³-hybridized carbons (Fsp3) is 0.812. The van der Waals surface area contributed by atoms with Gasteiger partial charge in [0.1, 0.15) is 0 Å². The maximum Gasteiger partial charge on any atom is 0.0926 e. The molecule has 1 saturated heterocycles. The second-order valence-electron chi connectivity index (χ2n) is 6.36. The molecule has 0 saturated carbocycles. The number of aryl methyl sites for hydroxylation is 1. The molecule has 1 aromatic rings. The summed E-state index contributed by atoms with van der Waals surface area (Å²) in [6, 6.07) is 0. The molecule has 0 bridgehead atoms. The van der Waals surface area contributed by atoms with Crippen LogP contribution in [0.3, 0.4) is 0 Å². The Morgan fingerprint density at radius 2 is 2.15 bits per heavy atom. The third-order valence-corrected chi connectivity index (χ3v) is 5.02. The predicted molar refractivity (Wildman–Crippen MR) is 87.2 cm³/mol. The van der Waals surface area contributed by atoms with Crippen molar-refractivity contribution in [2.75, 3.05) is 26.2 Å². The molecule has 2 heterocycles. The Balaban J connectivity index is 1.66. The smallest absolute Gasteiger partial charge is 0.0926 e. The van der Waals surface area contributed by atoms with Crippen molar-refractivity contribution in [3.05, 3.63) is 16.1 Å². The van der Waals surface area contributed by atoms with E-state index in [1.807, 2.05) is 0 Å². The van der Waals surface area contributed by atoms with Gasteiger partial charge in [-0.1, -0.05) is 20.8 Å². The normalized spacial score (nSPS) is 18.0. The summed E-state index contributed by atoms with van der Waals surface area (Å²) in [6.07, 6.45) is 3.72. The van der Waals surface area contributed by atoms with Crippen molar-refractivity contribution < 1.29 is 0 Å². The van der Waals surface area contributed by atoms with E-state index in [1.165, 1.54) is 43.2 Å². The Kier molecular flexibility index (Phi) is 6.46. The first kappa shape index (κ1) is 15.9. The van der Waals surface area contributed by atoms with Gasteiger partial charge in [-0.2, -0.15) is 0 Å². The minimum absolute atomic E-state index is 0.757. The highest BCUT2D eigenvalue weighted by molar-refractivity contribution is 7.09. The number of likely N-dealkylation sites (tertiary alicyclic amines) is 1. The lowest BCUT2D eigenvalue weighted by atomic mass is 9.96. The second kappa shape index (κ2) is 8.11. The molecule has 3 nitrogen and oxygen atoms in total. The van der Waals surface area contributed by atoms with Crippen LogP contribution in [0.1, 0.15) is 44.3 Å². The Hall–Kier alpha value is -0.450. The predicted octanol–water partition coefficient (Wildman–Crippen LogP) is 3.16. The Bertz CT molecular complexity index is 381. The molecule has 1 N–H and O–H groups in total. The zero-order valence-electron chi connectivity index (χ0n) is 13.2. The van der Waals surface area contributed by atoms with Crippen LogP contribution in [-0.4, -0.2) is 36.1 Å². The molecule has 1 fully saturated rings. The minimum atomic E-state index is 0.757. The van der Waals surface area contributed by atoms with Gasteiger partial charge < -0.3 is 5.32 Å². The van der Waals surface area contributed by atoms with Gasteiger partial charge in [0.25, 0.3) is 0 Å². The summed E-state index contributed by atoms with van der Waals surface area (Å²) in [4.78, 5) is 7.24. The summed E-state index contributed by atoms with van der Waals surface area (Å²) in [6.45, 7) is 12.6. The standard InChI is InChI=1S/C16H29N3S/c1-4-16-18-15(12-20-16)11-19-7-5-14(6-8-19)10-17-9-13(2)3/h12-14,17H,4-11H2,1-3H3. The highest BCUT2D eigenvalue weighted by Crippen LogP contribution is 2.19. The van der Waals surface area contributed by atoms with Gasteiger partial charge in [0.15, 0.2) is 0 Å². The SMILES string of the molecule is CCc1nc(CN2CCC(CNCC(C)C)CC2)cs1. The Morgan fingerprint density at radius 1 is 1.40 bits per heavy atom. The van der Waals surface area contributed by atoms with Crippen molar-refractivity contribution in [3.8, 4) is 0 Å². The number of hydrogen-bond acceptors (Lipinski definition) is 4. The van der Waals surface area contributed by atoms with E-state index in [9.17, 15) is 0 Å². The highest BCUT2D eigenvalue weighted by atomic mass is 32.1. The zero-order chi connectivity index (χ0) is 14.4. The highest BCUT2D eigenvalue weighted by Gasteiger charge is 2.19. The molecule has 0 atom stereocenters. The van der Waals surface area contributed by atoms with Crippen molar-refractivity contribution in [1.29, 1.82) is 0 Å². The molecule has 20 heavy (non-hydrogen) atoms. The fourth-order valence-electron chi connectivity index (χ4n) is 2.74. The molecule has 0 aromatic carbocycles. The molecule has 114 valence electrons. The summed E-state index contributed by atoms with van der Waals surface area (Å²) in [5.74, 6) is 1.62. The molecule has 0 radical (unpaired) electrons. The first-order valence-electron chi connectivity index (χ1n) is 8.03. The third kappa shape index (κ3) is 5.15. The third-order valence-electron chi connectivity index (χ3n) is 3.98. The molecule has 0 unspecified atom stereocenters. The van der Waals surface area contributed by atoms with Gasteiger partial charge in [-0.3, -0.25) is 4.90 Å². The van der Waals surface area contributed by atoms with Crippen molar-refractivity contribution in [2.24, 2.45) is 11.8 Å². The number of thiazole rings is 1. The number of nitrogens with one attached hydrogen (secondary N) is 1. The van der Waals surface area contributed by atoms with Crippen LogP contribution in [0, 0.1) is 11.8 Å². The van der Waals surface area contributed by atoms with Crippen LogP contribution in [-0.2, 0) is 13.0 Å². The lowest BCUT2D eigenvalue weighted by Gasteiger charge is -2.31. The number of aromatic nitrogens is 1. The van der Waals surface area contributed by atoms with E-state index in [0.717, 1.165) is 31.3 Å². The van der Waals surface area contributed by atoms with Gasteiger partial charge in [0.2, 0.25) is 0 Å². The number of piperidine rings is 1. The summed E-state index contributed by atoms with van der Waals surface area (Å²) in [5, 5.41) is 7.10. The largest absolute Gasteiger partial charge is 0.316 e. The average Bonchev–Trinajstić information content (AvgIpc) is 2.88. The van der Waals surface area contributed by atoms with Crippen LogP contribution in [0.2, 0.25) is 0 Å². The lowest BCUT2D eigenvalue weighted by molar-refractivity contribution is 0.173. The summed E-state index contributed by atoms with van der Waals surface area (Å²) in [7, 11) is 0. The van der Waals surface area contributed by atoms with E-state index in [-0.39, 0.29) is 0 Å². The molecule has 0 aliphatic carbocycles. The molecule has 0 spiro atoms. The van der Waals surface area contributed by atoms with Crippen LogP contribution in [0.4, 0.5) is 0 Å². The summed E-state index contributed by atoms with van der Waals surface area (Å²) in [5.41, 5.74) is 1.27. The quantitative estimate of drug-likeness (QED) is 0.837. The zero-order valence-corrected chi connectivity index (χ0v) is 14.0. The number of hydrogen-bond donors (Lipinski definition) is 1. The first-order valence-corrected chi connectivity index (χ1v) is 8.91. The van der Waals surface area contributed by atoms with Gasteiger partial charge in [0.05, 0.1) is 10.7 Å². The number of nitrogens with zero attached hydrogens (tertiary/aromatic N) is 2. The van der Waals surface area contributed by atoms with Crippen molar-refractivity contribution in [3.63, 3.8) is 0 Å². The van der Waals surface area contributed by atoms with Crippen molar-refractivity contribution in [1.82, 2.24) is 15.2 Å². The average molecular weight is 295 g/mol. The topological polar surface area (TPSA) is 28.2 Å². The maximum absolute atomic E-state index is 4.68. The van der Waals surface area contributed by atoms with E-state index in [1.54, 1.807) is 11.3 Å². The van der Waals surface area contributed by atoms with E-state index in [2.05, 4.69) is 41.4 Å². The van der Waals surface area contributed by atoms with Crippen LogP contribution in [0.25, 0.3) is 0 Å². The van der Waals surface area contributed by atoms with E-state index in [0.29, 0.717) is 0 Å². The van der Waals surface area contributed by atoms with Crippen molar-refractivity contribution >= 4 is 11.3 Å². The Labute approximate surface area is 127 Å². The van der Waals surface area contributed by atoms with Crippen LogP contribution < -0.4 is 5.32 Å². The molecule has 1 aromatic heterocycles. The molecular weight excluding hydrogens is 266 g/mol. The molecule has 2 rings (SSSR count). The number of rotatable bonds is 7. The molecule has 4 heteroatoms. The van der Waals surface area contributed by atoms with Gasteiger partial charge in [-0.25, -0.2) is 4.98 Å². The molecule has 0 amide bonds. The van der Waals surface area contributed by atoms with E-state index in [4.69, 9.17) is 0 Å². The minimum Gasteiger partial charge on any atom is -0.316 e. The van der Waals surface area contributed by atoms with Crippen LogP contribution in [0.15, 0.2) is 5.38 Å². The first-order chi connectivity index (χ1) is 9.67. The van der Waals surface area contributed by atoms with Gasteiger partial charge >= 0.3 is 0 Å².